The van der Waals surface area contributed by atoms with E-state index in [-0.39, 0.29) is 11.6 Å². The molecule has 0 saturated carbocycles. The fourth-order valence-electron chi connectivity index (χ4n) is 11.6. The minimum atomic E-state index is -0.0349. The summed E-state index contributed by atoms with van der Waals surface area (Å²) in [5, 5.41) is 0. The van der Waals surface area contributed by atoms with Crippen LogP contribution in [0.5, 0.6) is 0 Å². The Bertz CT molecular complexity index is 4180. The van der Waals surface area contributed by atoms with Gasteiger partial charge in [0.2, 0.25) is 0 Å². The highest BCUT2D eigenvalue weighted by Gasteiger charge is 2.37. The molecule has 2 aliphatic carbocycles. The van der Waals surface area contributed by atoms with Gasteiger partial charge in [0.15, 0.2) is 11.6 Å². The van der Waals surface area contributed by atoms with Crippen LogP contribution in [0, 0.1) is 24.7 Å². The maximum atomic E-state index is 15.2. The van der Waals surface area contributed by atoms with Crippen LogP contribution < -0.4 is 0 Å². The summed E-state index contributed by atoms with van der Waals surface area (Å²) in [5.74, 6) is 5.40. The Kier molecular flexibility index (Phi) is 13.5. The van der Waals surface area contributed by atoms with Crippen molar-refractivity contribution in [3.8, 4) is 69.2 Å². The number of allylic oxidation sites excluding steroid dienone is 8. The molecule has 11 aromatic carbocycles. The first-order chi connectivity index (χ1) is 40.4. The predicted molar refractivity (Wildman–Crippen MR) is 340 cm³/mol. The molecule has 13 rings (SSSR count). The monoisotopic (exact) mass is 1040 g/mol. The third-order valence-electron chi connectivity index (χ3n) is 15.7. The lowest BCUT2D eigenvalue weighted by Crippen LogP contribution is -2.02. The molecule has 0 radical (unpaired) electrons. The molecule has 0 amide bonds. The number of carbonyl (C=O) groups excluding carboxylic acids is 2. The Labute approximate surface area is 479 Å². The summed E-state index contributed by atoms with van der Waals surface area (Å²) in [6.45, 7) is 0. The molecule has 0 N–H and O–H groups in total. The first-order valence-electron chi connectivity index (χ1n) is 27.4. The lowest BCUT2D eigenvalue weighted by molar-refractivity contribution is -0.109. The molecule has 0 bridgehead atoms. The predicted octanol–water partition coefficient (Wildman–Crippen LogP) is 18.5. The summed E-state index contributed by atoms with van der Waals surface area (Å²) in [4.78, 5) is 30.4. The van der Waals surface area contributed by atoms with Gasteiger partial charge < -0.3 is 0 Å². The average Bonchev–Trinajstić information content (AvgIpc) is 4.20. The van der Waals surface area contributed by atoms with Gasteiger partial charge in [0.25, 0.3) is 0 Å². The minimum Gasteiger partial charge on any atom is -0.289 e. The Morgan fingerprint density at radius 2 is 0.366 bits per heavy atom. The zero-order valence-electron chi connectivity index (χ0n) is 44.7. The first kappa shape index (κ1) is 50.4. The van der Waals surface area contributed by atoms with Crippen molar-refractivity contribution in [3.05, 3.63) is 347 Å². The quantitative estimate of drug-likeness (QED) is 0.114. The van der Waals surface area contributed by atoms with Gasteiger partial charge in [-0.3, -0.25) is 9.59 Å². The molecule has 82 heavy (non-hydrogen) atoms. The Morgan fingerprint density at radius 3 is 0.634 bits per heavy atom. The highest BCUT2D eigenvalue weighted by Crippen LogP contribution is 2.52. The molecule has 0 aliphatic heterocycles. The summed E-state index contributed by atoms with van der Waals surface area (Å²) in [5.41, 5.74) is 23.3. The maximum absolute atomic E-state index is 15.2. The topological polar surface area (TPSA) is 34.1 Å². The Hall–Kier alpha value is -11.2. The molecule has 0 aromatic heterocycles. The van der Waals surface area contributed by atoms with E-state index in [4.69, 9.17) is 12.8 Å². The molecule has 11 aromatic rings. The lowest BCUT2D eigenvalue weighted by Gasteiger charge is -2.16. The molecule has 2 nitrogen and oxygen atoms in total. The van der Waals surface area contributed by atoms with E-state index in [0.717, 1.165) is 122 Å². The summed E-state index contributed by atoms with van der Waals surface area (Å²) in [6, 6.07) is 98.9. The maximum Gasteiger partial charge on any atom is 0.195 e. The van der Waals surface area contributed by atoms with Gasteiger partial charge in [-0.1, -0.05) is 273 Å². The average molecular weight is 1040 g/mol. The fraction of sp³-hybridized carbons (Fsp3) is 0. The van der Waals surface area contributed by atoms with E-state index >= 15 is 9.59 Å². The summed E-state index contributed by atoms with van der Waals surface area (Å²) in [6.07, 6.45) is 11.6. The zero-order chi connectivity index (χ0) is 55.5. The van der Waals surface area contributed by atoms with E-state index in [0.29, 0.717) is 22.3 Å². The summed E-state index contributed by atoms with van der Waals surface area (Å²) < 4.78 is 0. The van der Waals surface area contributed by atoms with Crippen molar-refractivity contribution in [2.75, 3.05) is 0 Å². The van der Waals surface area contributed by atoms with Crippen LogP contribution in [0.1, 0.15) is 55.6 Å². The fourth-order valence-corrected chi connectivity index (χ4v) is 11.6. The molecule has 0 fully saturated rings. The second-order valence-corrected chi connectivity index (χ2v) is 20.5. The van der Waals surface area contributed by atoms with Crippen LogP contribution in [0.2, 0.25) is 0 Å². The van der Waals surface area contributed by atoms with Gasteiger partial charge in [0.1, 0.15) is 0 Å². The number of hydrogen-bond acceptors (Lipinski definition) is 2. The second kappa shape index (κ2) is 21.9. The van der Waals surface area contributed by atoms with Crippen molar-refractivity contribution in [2.45, 2.75) is 0 Å². The van der Waals surface area contributed by atoms with Crippen LogP contribution in [-0.2, 0) is 9.59 Å². The molecule has 0 unspecified atom stereocenters. The van der Waals surface area contributed by atoms with Crippen molar-refractivity contribution < 1.29 is 9.59 Å². The van der Waals surface area contributed by atoms with Gasteiger partial charge in [0, 0.05) is 55.7 Å². The van der Waals surface area contributed by atoms with Crippen LogP contribution in [0.15, 0.2) is 291 Å². The third kappa shape index (κ3) is 9.48. The van der Waals surface area contributed by atoms with Gasteiger partial charge in [0.05, 0.1) is 0 Å². The molecule has 0 heterocycles. The van der Waals surface area contributed by atoms with Crippen LogP contribution in [0.25, 0.3) is 89.1 Å². The number of hydrogen-bond donors (Lipinski definition) is 0. The van der Waals surface area contributed by atoms with E-state index in [9.17, 15) is 0 Å². The van der Waals surface area contributed by atoms with Gasteiger partial charge in [-0.2, -0.15) is 0 Å². The molecule has 0 spiro atoms. The van der Waals surface area contributed by atoms with Crippen molar-refractivity contribution in [3.63, 3.8) is 0 Å². The molecule has 0 atom stereocenters. The van der Waals surface area contributed by atoms with Gasteiger partial charge in [-0.05, 0) is 119 Å². The highest BCUT2D eigenvalue weighted by atomic mass is 16.1. The zero-order valence-corrected chi connectivity index (χ0v) is 44.7. The molecular weight excluding hydrogens is 993 g/mol. The summed E-state index contributed by atoms with van der Waals surface area (Å²) >= 11 is 0. The molecule has 2 heteroatoms. The van der Waals surface area contributed by atoms with E-state index in [1.165, 1.54) is 0 Å². The molecular formula is C80H50O2. The normalized spacial score (nSPS) is 13.2. The van der Waals surface area contributed by atoms with Gasteiger partial charge in [-0.25, -0.2) is 0 Å². The number of benzene rings is 11. The molecule has 382 valence electrons. The number of rotatable bonds is 12. The summed E-state index contributed by atoms with van der Waals surface area (Å²) in [7, 11) is 0. The lowest BCUT2D eigenvalue weighted by atomic mass is 9.87. The third-order valence-corrected chi connectivity index (χ3v) is 15.7. The molecule has 0 saturated heterocycles. The van der Waals surface area contributed by atoms with Crippen LogP contribution in [0.4, 0.5) is 0 Å². The Morgan fingerprint density at radius 1 is 0.183 bits per heavy atom. The molecule has 2 aliphatic rings. The van der Waals surface area contributed by atoms with E-state index in [1.54, 1.807) is 0 Å². The standard InChI is InChI=1S/C80H50O2/c1-3-53-28-32-67(33-29-53)77-73(63-44-36-57(37-45-63)55-18-9-5-10-19-55)71(75(79(77)81)61-22-13-7-14-23-61)65-48-40-59(41-49-65)69-26-17-27-70(52-69)60-42-50-66(51-43-60)72-74(64-46-38-58(39-47-64)56-20-11-6-12-21-56)78(68-34-30-54(4-2)31-35-68)80(82)76(72)62-24-15-8-16-25-62/h1-2,5-52H. The van der Waals surface area contributed by atoms with Gasteiger partial charge in [-0.15, -0.1) is 12.8 Å². The highest BCUT2D eigenvalue weighted by molar-refractivity contribution is 6.60. The smallest absolute Gasteiger partial charge is 0.195 e. The van der Waals surface area contributed by atoms with Crippen molar-refractivity contribution >= 4 is 56.2 Å². The second-order valence-electron chi connectivity index (χ2n) is 20.5. The number of carbonyl (C=O) groups is 2. The van der Waals surface area contributed by atoms with E-state index < -0.39 is 0 Å². The SMILES string of the molecule is C#Cc1ccc(C2=C(c3ccc(-c4ccccc4)cc3)C(c3ccc(-c4cccc(-c5ccc(C6=C(c7ccccc7)C(=O)C(c7ccc(C#C)cc7)=C6c6ccc(-c7ccccc7)cc6)cc5)c4)cc3)=C(c3ccccc3)C2=O)cc1. The van der Waals surface area contributed by atoms with E-state index in [1.807, 2.05) is 146 Å². The van der Waals surface area contributed by atoms with Crippen LogP contribution in [-0.4, -0.2) is 11.6 Å². The van der Waals surface area contributed by atoms with Crippen molar-refractivity contribution in [1.82, 2.24) is 0 Å². The minimum absolute atomic E-state index is 0.0349. The van der Waals surface area contributed by atoms with Gasteiger partial charge >= 0.3 is 0 Å². The number of terminal acetylenes is 2. The van der Waals surface area contributed by atoms with Crippen LogP contribution in [0.3, 0.4) is 0 Å². The van der Waals surface area contributed by atoms with E-state index in [2.05, 4.69) is 157 Å². The first-order valence-corrected chi connectivity index (χ1v) is 27.4. The Balaban J connectivity index is 0.880. The number of Topliss-reactive ketones (excluding diaryl/α,β-unsaturated/α-hetero) is 2. The number of ketones is 2. The van der Waals surface area contributed by atoms with Crippen molar-refractivity contribution in [2.24, 2.45) is 0 Å². The van der Waals surface area contributed by atoms with Crippen LogP contribution >= 0.6 is 0 Å². The largest absolute Gasteiger partial charge is 0.289 e. The van der Waals surface area contributed by atoms with Crippen molar-refractivity contribution in [1.29, 1.82) is 0 Å².